The summed E-state index contributed by atoms with van der Waals surface area (Å²) in [4.78, 5) is 11.5. The average molecular weight is 335 g/mol. The van der Waals surface area contributed by atoms with Gasteiger partial charge in [0, 0.05) is 0 Å². The van der Waals surface area contributed by atoms with Crippen LogP contribution in [0.5, 0.6) is 5.75 Å². The first-order chi connectivity index (χ1) is 11.5. The predicted molar refractivity (Wildman–Crippen MR) is 85.0 cm³/mol. The Morgan fingerprint density at radius 1 is 1.33 bits per heavy atom. The lowest BCUT2D eigenvalue weighted by Gasteiger charge is -2.10. The smallest absolute Gasteiger partial charge is 0.315 e. The SMILES string of the molecule is CC(CO)NC(=O)NCc1nnc(C(N)Cc2ccc(O)cc2)o1. The van der Waals surface area contributed by atoms with Gasteiger partial charge in [0.25, 0.3) is 0 Å². The van der Waals surface area contributed by atoms with Crippen LogP contribution >= 0.6 is 0 Å². The summed E-state index contributed by atoms with van der Waals surface area (Å²) in [5.74, 6) is 0.689. The minimum absolute atomic E-state index is 0.0584. The van der Waals surface area contributed by atoms with E-state index in [1.54, 1.807) is 31.2 Å². The van der Waals surface area contributed by atoms with E-state index in [4.69, 9.17) is 15.3 Å². The molecule has 0 aliphatic carbocycles. The van der Waals surface area contributed by atoms with E-state index in [9.17, 15) is 9.90 Å². The maximum atomic E-state index is 11.5. The molecule has 2 rings (SSSR count). The summed E-state index contributed by atoms with van der Waals surface area (Å²) in [5, 5.41) is 30.9. The molecule has 0 radical (unpaired) electrons. The van der Waals surface area contributed by atoms with Gasteiger partial charge < -0.3 is 31.0 Å². The van der Waals surface area contributed by atoms with Crippen LogP contribution in [0.4, 0.5) is 4.79 Å². The molecule has 0 spiro atoms. The van der Waals surface area contributed by atoms with E-state index in [1.807, 2.05) is 0 Å². The second kappa shape index (κ2) is 8.27. The second-order valence-electron chi connectivity index (χ2n) is 5.42. The van der Waals surface area contributed by atoms with E-state index in [-0.39, 0.29) is 36.7 Å². The first-order valence-electron chi connectivity index (χ1n) is 7.49. The number of aliphatic hydroxyl groups excluding tert-OH is 1. The second-order valence-corrected chi connectivity index (χ2v) is 5.42. The van der Waals surface area contributed by atoms with Gasteiger partial charge in [-0.2, -0.15) is 0 Å². The van der Waals surface area contributed by atoms with Crippen LogP contribution in [0, 0.1) is 0 Å². The number of benzene rings is 1. The average Bonchev–Trinajstić information content (AvgIpc) is 3.04. The highest BCUT2D eigenvalue weighted by Gasteiger charge is 2.16. The van der Waals surface area contributed by atoms with Gasteiger partial charge >= 0.3 is 6.03 Å². The fourth-order valence-corrected chi connectivity index (χ4v) is 1.94. The van der Waals surface area contributed by atoms with Crippen molar-refractivity contribution in [3.63, 3.8) is 0 Å². The van der Waals surface area contributed by atoms with Crippen molar-refractivity contribution >= 4 is 6.03 Å². The molecule has 6 N–H and O–H groups in total. The van der Waals surface area contributed by atoms with Crippen LogP contribution in [-0.4, -0.2) is 39.1 Å². The minimum Gasteiger partial charge on any atom is -0.508 e. The molecule has 9 nitrogen and oxygen atoms in total. The molecule has 1 heterocycles. The summed E-state index contributed by atoms with van der Waals surface area (Å²) in [5.41, 5.74) is 6.96. The minimum atomic E-state index is -0.487. The molecule has 2 unspecified atom stereocenters. The van der Waals surface area contributed by atoms with Crippen LogP contribution < -0.4 is 16.4 Å². The monoisotopic (exact) mass is 335 g/mol. The third kappa shape index (κ3) is 5.21. The molecule has 0 fully saturated rings. The predicted octanol–water partition coefficient (Wildman–Crippen LogP) is 0.198. The Balaban J connectivity index is 1.85. The number of carbonyl (C=O) groups is 1. The van der Waals surface area contributed by atoms with Crippen molar-refractivity contribution in [3.05, 3.63) is 41.6 Å². The van der Waals surface area contributed by atoms with E-state index in [2.05, 4.69) is 20.8 Å². The number of amides is 2. The highest BCUT2D eigenvalue weighted by Crippen LogP contribution is 2.17. The molecule has 1 aromatic carbocycles. The molecule has 24 heavy (non-hydrogen) atoms. The highest BCUT2D eigenvalue weighted by atomic mass is 16.4. The van der Waals surface area contributed by atoms with Crippen molar-refractivity contribution in [2.24, 2.45) is 5.73 Å². The molecule has 2 atom stereocenters. The van der Waals surface area contributed by atoms with Gasteiger partial charge in [0.05, 0.1) is 25.2 Å². The lowest BCUT2D eigenvalue weighted by Crippen LogP contribution is -2.42. The molecule has 0 aliphatic rings. The maximum Gasteiger partial charge on any atom is 0.315 e. The van der Waals surface area contributed by atoms with Crippen LogP contribution in [-0.2, 0) is 13.0 Å². The quantitative estimate of drug-likeness (QED) is 0.485. The molecule has 0 saturated carbocycles. The largest absolute Gasteiger partial charge is 0.508 e. The van der Waals surface area contributed by atoms with Gasteiger partial charge in [-0.1, -0.05) is 12.1 Å². The number of nitrogens with two attached hydrogens (primary N) is 1. The van der Waals surface area contributed by atoms with E-state index in [0.29, 0.717) is 6.42 Å². The molecule has 0 saturated heterocycles. The Labute approximate surface area is 138 Å². The summed E-state index contributed by atoms with van der Waals surface area (Å²) in [6.45, 7) is 1.58. The number of hydrogen-bond acceptors (Lipinski definition) is 7. The maximum absolute atomic E-state index is 11.5. The molecule has 130 valence electrons. The third-order valence-corrected chi connectivity index (χ3v) is 3.24. The Bertz CT molecular complexity index is 658. The van der Waals surface area contributed by atoms with Crippen molar-refractivity contribution in [2.75, 3.05) is 6.61 Å². The number of nitrogens with zero attached hydrogens (tertiary/aromatic N) is 2. The van der Waals surface area contributed by atoms with E-state index < -0.39 is 12.1 Å². The lowest BCUT2D eigenvalue weighted by molar-refractivity contribution is 0.219. The zero-order valence-electron chi connectivity index (χ0n) is 13.3. The Kier molecular flexibility index (Phi) is 6.10. The topological polar surface area (TPSA) is 147 Å². The molecule has 2 amide bonds. The summed E-state index contributed by atoms with van der Waals surface area (Å²) >= 11 is 0. The van der Waals surface area contributed by atoms with Crippen LogP contribution in [0.15, 0.2) is 28.7 Å². The van der Waals surface area contributed by atoms with Gasteiger partial charge in [-0.25, -0.2) is 4.79 Å². The highest BCUT2D eigenvalue weighted by molar-refractivity contribution is 5.73. The number of rotatable bonds is 7. The van der Waals surface area contributed by atoms with Gasteiger partial charge in [0.15, 0.2) is 0 Å². The number of urea groups is 1. The Morgan fingerprint density at radius 3 is 2.71 bits per heavy atom. The fraction of sp³-hybridized carbons (Fsp3) is 0.400. The molecule has 9 heteroatoms. The number of hydrogen-bond donors (Lipinski definition) is 5. The first-order valence-corrected chi connectivity index (χ1v) is 7.49. The van der Waals surface area contributed by atoms with Gasteiger partial charge in [0.1, 0.15) is 5.75 Å². The molecular weight excluding hydrogens is 314 g/mol. The summed E-state index contributed by atoms with van der Waals surface area (Å²) in [6.07, 6.45) is 0.476. The van der Waals surface area contributed by atoms with E-state index in [0.717, 1.165) is 5.56 Å². The van der Waals surface area contributed by atoms with E-state index in [1.165, 1.54) is 0 Å². The van der Waals surface area contributed by atoms with Gasteiger partial charge in [-0.3, -0.25) is 0 Å². The normalized spacial score (nSPS) is 13.3. The van der Waals surface area contributed by atoms with Crippen LogP contribution in [0.1, 0.15) is 30.3 Å². The van der Waals surface area contributed by atoms with Crippen LogP contribution in [0.3, 0.4) is 0 Å². The first kappa shape index (κ1) is 17.7. The summed E-state index contributed by atoms with van der Waals surface area (Å²) in [6, 6.07) is 5.42. The zero-order chi connectivity index (χ0) is 17.5. The molecule has 2 aromatic rings. The number of aliphatic hydroxyl groups is 1. The number of nitrogens with one attached hydrogen (secondary N) is 2. The van der Waals surface area contributed by atoms with Crippen molar-refractivity contribution in [2.45, 2.75) is 32.0 Å². The number of aromatic nitrogens is 2. The lowest BCUT2D eigenvalue weighted by atomic mass is 10.1. The van der Waals surface area contributed by atoms with E-state index >= 15 is 0 Å². The molecule has 0 bridgehead atoms. The molecule has 0 aliphatic heterocycles. The number of aromatic hydroxyl groups is 1. The van der Waals surface area contributed by atoms with Gasteiger partial charge in [-0.05, 0) is 31.0 Å². The molecule has 1 aromatic heterocycles. The number of phenols is 1. The Hall–Kier alpha value is -2.65. The molecular formula is C15H21N5O4. The van der Waals surface area contributed by atoms with Crippen LogP contribution in [0.2, 0.25) is 0 Å². The number of phenolic OH excluding ortho intramolecular Hbond substituents is 1. The summed E-state index contributed by atoms with van der Waals surface area (Å²) in [7, 11) is 0. The van der Waals surface area contributed by atoms with Crippen molar-refractivity contribution < 1.29 is 19.4 Å². The van der Waals surface area contributed by atoms with Gasteiger partial charge in [0.2, 0.25) is 11.8 Å². The van der Waals surface area contributed by atoms with Crippen LogP contribution in [0.25, 0.3) is 0 Å². The van der Waals surface area contributed by atoms with Crippen molar-refractivity contribution in [1.29, 1.82) is 0 Å². The zero-order valence-corrected chi connectivity index (χ0v) is 13.3. The third-order valence-electron chi connectivity index (χ3n) is 3.24. The summed E-state index contributed by atoms with van der Waals surface area (Å²) < 4.78 is 5.43. The van der Waals surface area contributed by atoms with Gasteiger partial charge in [-0.15, -0.1) is 10.2 Å². The van der Waals surface area contributed by atoms with Crippen molar-refractivity contribution in [1.82, 2.24) is 20.8 Å². The Morgan fingerprint density at radius 2 is 2.04 bits per heavy atom. The van der Waals surface area contributed by atoms with Crippen molar-refractivity contribution in [3.8, 4) is 5.75 Å². The fourth-order valence-electron chi connectivity index (χ4n) is 1.94. The standard InChI is InChI=1S/C15H21N5O4/c1-9(8-21)18-15(23)17-7-13-19-20-14(24-13)12(16)6-10-2-4-11(22)5-3-10/h2-5,9,12,21-22H,6-8,16H2,1H3,(H2,17,18,23). The number of carbonyl (C=O) groups excluding carboxylic acids is 1.